The number of hydrogen-bond acceptors (Lipinski definition) is 2. The molecule has 0 bridgehead atoms. The number of hydrogen-bond donors (Lipinski definition) is 2. The van der Waals surface area contributed by atoms with E-state index >= 15 is 0 Å². The van der Waals surface area contributed by atoms with Crippen LogP contribution in [0.1, 0.15) is 11.1 Å². The molecule has 92 valence electrons. The van der Waals surface area contributed by atoms with E-state index in [0.717, 1.165) is 22.6 Å². The van der Waals surface area contributed by atoms with Gasteiger partial charge in [0, 0.05) is 41.2 Å². The number of nitrogens with zero attached hydrogens (tertiary/aromatic N) is 1. The van der Waals surface area contributed by atoms with Gasteiger partial charge in [-0.15, -0.1) is 0 Å². The Kier molecular flexibility index (Phi) is 2.82. The van der Waals surface area contributed by atoms with Gasteiger partial charge in [0.1, 0.15) is 6.04 Å². The fourth-order valence-electron chi connectivity index (χ4n) is 2.34. The summed E-state index contributed by atoms with van der Waals surface area (Å²) < 4.78 is 0. The Hall–Kier alpha value is -2.52. The summed E-state index contributed by atoms with van der Waals surface area (Å²) >= 11 is 0. The van der Waals surface area contributed by atoms with Gasteiger partial charge in [0.05, 0.1) is 0 Å². The fraction of sp³-hybridized carbons (Fsp3) is 0. The Morgan fingerprint density at radius 3 is 3.05 bits per heavy atom. The van der Waals surface area contributed by atoms with E-state index in [9.17, 15) is 0 Å². The third-order valence-electron chi connectivity index (χ3n) is 3.23. The number of nitrogens with one attached hydrogen (secondary N) is 1. The lowest BCUT2D eigenvalue weighted by atomic mass is 9.87. The van der Waals surface area contributed by atoms with Gasteiger partial charge in [-0.05, 0) is 29.5 Å². The molecule has 4 N–H and O–H groups in total. The summed E-state index contributed by atoms with van der Waals surface area (Å²) in [6, 6.07) is 7.12. The first-order valence-electron chi connectivity index (χ1n) is 6.09. The maximum atomic E-state index is 7.03. The molecule has 0 radical (unpaired) electrons. The molecule has 19 heavy (non-hydrogen) atoms. The average molecular weight is 248 g/mol. The Bertz CT molecular complexity index is 693. The van der Waals surface area contributed by atoms with Crippen molar-refractivity contribution in [2.45, 2.75) is 0 Å². The highest BCUT2D eigenvalue weighted by Crippen LogP contribution is 2.33. The van der Waals surface area contributed by atoms with Gasteiger partial charge in [0.15, 0.2) is 0 Å². The first-order valence-corrected chi connectivity index (χ1v) is 6.09. The van der Waals surface area contributed by atoms with Crippen molar-refractivity contribution in [3.8, 4) is 0 Å². The van der Waals surface area contributed by atoms with E-state index in [-0.39, 0.29) is 0 Å². The summed E-state index contributed by atoms with van der Waals surface area (Å²) in [5, 5.41) is 9.42. The number of benzene rings is 1. The summed E-state index contributed by atoms with van der Waals surface area (Å²) in [5.41, 5.74) is 7.42. The van der Waals surface area contributed by atoms with Gasteiger partial charge >= 0.3 is 0 Å². The Morgan fingerprint density at radius 1 is 1.32 bits per heavy atom. The first kappa shape index (κ1) is 11.6. The zero-order valence-electron chi connectivity index (χ0n) is 10.4. The van der Waals surface area contributed by atoms with E-state index in [1.54, 1.807) is 6.08 Å². The molecule has 3 nitrogen and oxygen atoms in total. The van der Waals surface area contributed by atoms with Crippen LogP contribution in [0.5, 0.6) is 0 Å². The fourth-order valence-corrected chi connectivity index (χ4v) is 2.34. The smallest absolute Gasteiger partial charge is 0.135 e. The lowest BCUT2D eigenvalue weighted by Gasteiger charge is -2.17. The number of pyridine rings is 1. The molecular weight excluding hydrogens is 234 g/mol. The zero-order valence-corrected chi connectivity index (χ0v) is 10.4. The summed E-state index contributed by atoms with van der Waals surface area (Å²) in [7, 11) is 0. The van der Waals surface area contributed by atoms with Gasteiger partial charge in [0.25, 0.3) is 0 Å². The van der Waals surface area contributed by atoms with Crippen LogP contribution in [0, 0.1) is 17.9 Å². The van der Waals surface area contributed by atoms with Gasteiger partial charge < -0.3 is 11.1 Å². The molecule has 0 aliphatic heterocycles. The SMILES string of the molecule is N=C/C=C/[C-]([NH3+])C1=Cc2cncc3cccc(c23)[CH+]1. The van der Waals surface area contributed by atoms with Gasteiger partial charge in [-0.1, -0.05) is 18.2 Å². The van der Waals surface area contributed by atoms with Crippen LogP contribution < -0.4 is 5.73 Å². The van der Waals surface area contributed by atoms with Crippen LogP contribution in [0.25, 0.3) is 16.8 Å². The van der Waals surface area contributed by atoms with Crippen molar-refractivity contribution < 1.29 is 5.73 Å². The first-order chi connectivity index (χ1) is 9.29. The quantitative estimate of drug-likeness (QED) is 0.634. The van der Waals surface area contributed by atoms with Crippen molar-refractivity contribution in [1.29, 1.82) is 5.41 Å². The molecule has 1 aromatic heterocycles. The molecule has 0 atom stereocenters. The molecule has 3 heteroatoms. The van der Waals surface area contributed by atoms with Gasteiger partial charge in [-0.2, -0.15) is 0 Å². The van der Waals surface area contributed by atoms with E-state index in [1.807, 2.05) is 24.5 Å². The maximum Gasteiger partial charge on any atom is 0.135 e. The number of quaternary nitrogens is 1. The molecule has 2 aromatic rings. The minimum absolute atomic E-state index is 0.898. The van der Waals surface area contributed by atoms with Crippen LogP contribution >= 0.6 is 0 Å². The standard InChI is InChI=1S/C16H14N3/c17-6-2-5-15(18)13-7-11-3-1-4-12-9-19-10-14(8-13)16(11)12/h1-10,17H,18H3/q+1/b5-2+,17-6?. The van der Waals surface area contributed by atoms with Crippen molar-refractivity contribution in [3.05, 3.63) is 71.9 Å². The molecule has 1 heterocycles. The maximum absolute atomic E-state index is 7.03. The third-order valence-corrected chi connectivity index (χ3v) is 3.23. The van der Waals surface area contributed by atoms with Crippen molar-refractivity contribution in [3.63, 3.8) is 0 Å². The van der Waals surface area contributed by atoms with Crippen LogP contribution in [0.2, 0.25) is 0 Å². The largest absolute Gasteiger partial charge is 0.325 e. The van der Waals surface area contributed by atoms with Gasteiger partial charge in [-0.25, -0.2) is 0 Å². The molecule has 0 amide bonds. The highest BCUT2D eigenvalue weighted by Gasteiger charge is 2.19. The van der Waals surface area contributed by atoms with Crippen LogP contribution in [0.15, 0.2) is 48.3 Å². The number of aromatic nitrogens is 1. The summed E-state index contributed by atoms with van der Waals surface area (Å²) in [4.78, 5) is 4.27. The van der Waals surface area contributed by atoms with Crippen LogP contribution in [-0.2, 0) is 0 Å². The van der Waals surface area contributed by atoms with E-state index in [2.05, 4.69) is 35.3 Å². The summed E-state index contributed by atoms with van der Waals surface area (Å²) in [6.45, 7) is 0. The number of allylic oxidation sites excluding steroid dienone is 1. The third kappa shape index (κ3) is 2.00. The van der Waals surface area contributed by atoms with Crippen molar-refractivity contribution in [1.82, 2.24) is 4.98 Å². The zero-order chi connectivity index (χ0) is 13.2. The molecule has 1 aliphatic carbocycles. The second-order valence-corrected chi connectivity index (χ2v) is 4.47. The lowest BCUT2D eigenvalue weighted by Crippen LogP contribution is -2.53. The van der Waals surface area contributed by atoms with Crippen LogP contribution in [0.3, 0.4) is 0 Å². The minimum atomic E-state index is 0.898. The highest BCUT2D eigenvalue weighted by molar-refractivity contribution is 5.97. The molecule has 0 unspecified atom stereocenters. The molecule has 1 aromatic carbocycles. The molecule has 1 aliphatic rings. The molecule has 3 rings (SSSR count). The van der Waals surface area contributed by atoms with E-state index in [4.69, 9.17) is 5.41 Å². The van der Waals surface area contributed by atoms with Gasteiger partial charge in [0.2, 0.25) is 0 Å². The molecule has 0 saturated heterocycles. The molecule has 0 fully saturated rings. The highest BCUT2D eigenvalue weighted by atomic mass is 14.6. The van der Waals surface area contributed by atoms with Crippen molar-refractivity contribution in [2.24, 2.45) is 0 Å². The topological polar surface area (TPSA) is 64.4 Å². The Morgan fingerprint density at radius 2 is 2.21 bits per heavy atom. The second kappa shape index (κ2) is 4.63. The van der Waals surface area contributed by atoms with Crippen LogP contribution in [-0.4, -0.2) is 11.2 Å². The predicted molar refractivity (Wildman–Crippen MR) is 77.2 cm³/mol. The summed E-state index contributed by atoms with van der Waals surface area (Å²) in [6.07, 6.45) is 12.8. The second-order valence-electron chi connectivity index (χ2n) is 4.47. The van der Waals surface area contributed by atoms with E-state index in [0.29, 0.717) is 0 Å². The minimum Gasteiger partial charge on any atom is -0.325 e. The van der Waals surface area contributed by atoms with Crippen LogP contribution in [0.4, 0.5) is 0 Å². The lowest BCUT2D eigenvalue weighted by molar-refractivity contribution is -0.332. The predicted octanol–water partition coefficient (Wildman–Crippen LogP) is 2.16. The van der Waals surface area contributed by atoms with E-state index in [1.165, 1.54) is 17.2 Å². The van der Waals surface area contributed by atoms with Gasteiger partial charge in [-0.3, -0.25) is 4.98 Å². The average Bonchev–Trinajstić information content (AvgIpc) is 2.45. The van der Waals surface area contributed by atoms with E-state index < -0.39 is 0 Å². The Labute approximate surface area is 112 Å². The molecule has 0 saturated carbocycles. The monoisotopic (exact) mass is 248 g/mol. The van der Waals surface area contributed by atoms with Crippen molar-refractivity contribution >= 4 is 23.1 Å². The molecular formula is C16H14N3+. The summed E-state index contributed by atoms with van der Waals surface area (Å²) in [5.74, 6) is 0. The number of rotatable bonds is 3. The normalized spacial score (nSPS) is 13.2. The van der Waals surface area contributed by atoms with Crippen molar-refractivity contribution in [2.75, 3.05) is 0 Å². The Balaban J connectivity index is 2.10. The molecule has 0 spiro atoms.